The van der Waals surface area contributed by atoms with Crippen molar-refractivity contribution in [3.8, 4) is 11.5 Å². The number of carbonyl (C=O) groups is 1. The molecule has 4 rings (SSSR count). The number of nitrogens with one attached hydrogen (secondary N) is 2. The third-order valence-electron chi connectivity index (χ3n) is 7.22. The summed E-state index contributed by atoms with van der Waals surface area (Å²) in [7, 11) is 6.87. The molecular formula is C28H35ClFN5O4. The molecule has 1 aliphatic carbocycles. The average Bonchev–Trinajstić information content (AvgIpc) is 2.95. The number of carbonyl (C=O) groups excluding carboxylic acids is 1. The Bertz CT molecular complexity index is 1290. The number of fused-ring (bicyclic) bond motifs is 1. The second kappa shape index (κ2) is 13.2. The molecule has 9 nitrogen and oxygen atoms in total. The number of hydrogen-bond acceptors (Lipinski definition) is 9. The van der Waals surface area contributed by atoms with Gasteiger partial charge < -0.3 is 24.8 Å². The molecule has 1 saturated carbocycles. The minimum Gasteiger partial charge on any atom is -0.493 e. The Morgan fingerprint density at radius 3 is 2.64 bits per heavy atom. The lowest BCUT2D eigenvalue weighted by molar-refractivity contribution is -0.149. The third-order valence-corrected chi connectivity index (χ3v) is 7.51. The van der Waals surface area contributed by atoms with Crippen LogP contribution in [0.4, 0.5) is 15.9 Å². The summed E-state index contributed by atoms with van der Waals surface area (Å²) in [5, 5.41) is 6.82. The van der Waals surface area contributed by atoms with Crippen LogP contribution in [0.5, 0.6) is 11.5 Å². The van der Waals surface area contributed by atoms with Crippen molar-refractivity contribution in [1.82, 2.24) is 20.2 Å². The van der Waals surface area contributed by atoms with Crippen LogP contribution in [0, 0.1) is 11.7 Å². The molecule has 2 aromatic carbocycles. The first-order chi connectivity index (χ1) is 18.9. The average molecular weight is 560 g/mol. The molecule has 0 amide bonds. The van der Waals surface area contributed by atoms with Crippen molar-refractivity contribution in [2.24, 2.45) is 5.92 Å². The highest BCUT2D eigenvalue weighted by Crippen LogP contribution is 2.38. The Labute approximate surface area is 233 Å². The summed E-state index contributed by atoms with van der Waals surface area (Å²) in [5.41, 5.74) is 0.826. The van der Waals surface area contributed by atoms with Gasteiger partial charge in [0.2, 0.25) is 0 Å². The van der Waals surface area contributed by atoms with E-state index in [9.17, 15) is 9.18 Å². The highest BCUT2D eigenvalue weighted by atomic mass is 35.5. The number of ether oxygens (including phenoxy) is 3. The first-order valence-corrected chi connectivity index (χ1v) is 13.4. The Morgan fingerprint density at radius 1 is 1.18 bits per heavy atom. The zero-order valence-electron chi connectivity index (χ0n) is 22.7. The van der Waals surface area contributed by atoms with E-state index in [2.05, 4.69) is 25.5 Å². The van der Waals surface area contributed by atoms with E-state index >= 15 is 0 Å². The molecule has 11 heteroatoms. The number of esters is 1. The molecule has 0 aliphatic heterocycles. The van der Waals surface area contributed by atoms with Gasteiger partial charge in [-0.05, 0) is 63.9 Å². The van der Waals surface area contributed by atoms with Crippen molar-refractivity contribution < 1.29 is 23.4 Å². The van der Waals surface area contributed by atoms with E-state index in [1.54, 1.807) is 25.3 Å². The van der Waals surface area contributed by atoms with Crippen LogP contribution >= 0.6 is 11.6 Å². The van der Waals surface area contributed by atoms with Crippen LogP contribution < -0.4 is 20.1 Å². The molecule has 1 fully saturated rings. The number of nitrogens with zero attached hydrogens (tertiary/aromatic N) is 3. The van der Waals surface area contributed by atoms with E-state index in [0.717, 1.165) is 38.8 Å². The standard InChI is InChI=1S/C28H35ClFN5O4/c1-31-12-13-35(2)26(28(36)38-4)17-8-10-18(11-9-17)39-24-14-19-22(15-23(24)37-3)32-16-33-27(19)34-21-7-5-6-20(29)25(21)30/h5-7,14-18,26,31H,8-13H2,1-4H3,(H,32,33,34). The predicted molar refractivity (Wildman–Crippen MR) is 150 cm³/mol. The van der Waals surface area contributed by atoms with Crippen LogP contribution in [-0.2, 0) is 9.53 Å². The molecular weight excluding hydrogens is 525 g/mol. The molecule has 1 atom stereocenters. The van der Waals surface area contributed by atoms with Crippen molar-refractivity contribution in [2.75, 3.05) is 46.7 Å². The van der Waals surface area contributed by atoms with Gasteiger partial charge in [-0.25, -0.2) is 14.4 Å². The lowest BCUT2D eigenvalue weighted by Crippen LogP contribution is -2.48. The van der Waals surface area contributed by atoms with Crippen molar-refractivity contribution in [3.05, 3.63) is 47.5 Å². The maximum absolute atomic E-state index is 14.5. The van der Waals surface area contributed by atoms with E-state index in [-0.39, 0.29) is 34.7 Å². The van der Waals surface area contributed by atoms with Crippen LogP contribution in [0.25, 0.3) is 10.9 Å². The minimum absolute atomic E-state index is 0.0160. The molecule has 1 heterocycles. The molecule has 2 N–H and O–H groups in total. The summed E-state index contributed by atoms with van der Waals surface area (Å²) in [6.45, 7) is 1.53. The van der Waals surface area contributed by atoms with E-state index in [1.807, 2.05) is 20.2 Å². The smallest absolute Gasteiger partial charge is 0.323 e. The summed E-state index contributed by atoms with van der Waals surface area (Å²) in [6, 6.07) is 8.03. The molecule has 1 unspecified atom stereocenters. The van der Waals surface area contributed by atoms with Gasteiger partial charge in [0, 0.05) is 24.5 Å². The summed E-state index contributed by atoms with van der Waals surface area (Å²) < 4.78 is 31.7. The monoisotopic (exact) mass is 559 g/mol. The summed E-state index contributed by atoms with van der Waals surface area (Å²) in [6.07, 6.45) is 4.56. The van der Waals surface area contributed by atoms with Crippen LogP contribution in [0.3, 0.4) is 0 Å². The van der Waals surface area contributed by atoms with Gasteiger partial charge in [0.05, 0.1) is 36.6 Å². The second-order valence-corrected chi connectivity index (χ2v) is 10.1. The van der Waals surface area contributed by atoms with Gasteiger partial charge in [0.15, 0.2) is 17.3 Å². The van der Waals surface area contributed by atoms with Crippen LogP contribution in [0.15, 0.2) is 36.7 Å². The maximum Gasteiger partial charge on any atom is 0.323 e. The zero-order chi connectivity index (χ0) is 27.9. The fraction of sp³-hybridized carbons (Fsp3) is 0.464. The maximum atomic E-state index is 14.5. The highest BCUT2D eigenvalue weighted by Gasteiger charge is 2.36. The number of methoxy groups -OCH3 is 2. The first-order valence-electron chi connectivity index (χ1n) is 13.0. The second-order valence-electron chi connectivity index (χ2n) is 9.68. The van der Waals surface area contributed by atoms with Gasteiger partial charge in [-0.3, -0.25) is 9.69 Å². The number of anilines is 2. The third kappa shape index (κ3) is 6.69. The fourth-order valence-corrected chi connectivity index (χ4v) is 5.30. The Kier molecular flexibility index (Phi) is 9.77. The van der Waals surface area contributed by atoms with Gasteiger partial charge in [0.25, 0.3) is 0 Å². The van der Waals surface area contributed by atoms with Gasteiger partial charge in [-0.2, -0.15) is 0 Å². The molecule has 39 heavy (non-hydrogen) atoms. The van der Waals surface area contributed by atoms with Crippen LogP contribution in [0.1, 0.15) is 25.7 Å². The number of rotatable bonds is 11. The number of benzene rings is 2. The fourth-order valence-electron chi connectivity index (χ4n) is 5.13. The van der Waals surface area contributed by atoms with Crippen molar-refractivity contribution in [2.45, 2.75) is 37.8 Å². The van der Waals surface area contributed by atoms with Gasteiger partial charge in [-0.15, -0.1) is 0 Å². The Hall–Kier alpha value is -3.21. The van der Waals surface area contributed by atoms with Gasteiger partial charge in [-0.1, -0.05) is 17.7 Å². The lowest BCUT2D eigenvalue weighted by Gasteiger charge is -2.37. The van der Waals surface area contributed by atoms with Gasteiger partial charge in [0.1, 0.15) is 18.2 Å². The first kappa shape index (κ1) is 28.8. The minimum atomic E-state index is -0.561. The zero-order valence-corrected chi connectivity index (χ0v) is 23.4. The number of likely N-dealkylation sites (N-methyl/N-ethyl adjacent to an activating group) is 2. The molecule has 1 aliphatic rings. The normalized spacial score (nSPS) is 18.1. The van der Waals surface area contributed by atoms with E-state index in [4.69, 9.17) is 25.8 Å². The van der Waals surface area contributed by atoms with Crippen molar-refractivity contribution in [3.63, 3.8) is 0 Å². The number of hydrogen-bond donors (Lipinski definition) is 2. The van der Waals surface area contributed by atoms with Crippen LogP contribution in [-0.4, -0.2) is 74.4 Å². The lowest BCUT2D eigenvalue weighted by atomic mass is 9.82. The molecule has 0 spiro atoms. The van der Waals surface area contributed by atoms with Gasteiger partial charge >= 0.3 is 5.97 Å². The highest BCUT2D eigenvalue weighted by molar-refractivity contribution is 6.31. The summed E-state index contributed by atoms with van der Waals surface area (Å²) >= 11 is 5.95. The van der Waals surface area contributed by atoms with Crippen molar-refractivity contribution in [1.29, 1.82) is 0 Å². The largest absolute Gasteiger partial charge is 0.493 e. The number of halogens is 2. The molecule has 1 aromatic heterocycles. The molecule has 0 radical (unpaired) electrons. The molecule has 0 bridgehead atoms. The molecule has 0 saturated heterocycles. The molecule has 210 valence electrons. The van der Waals surface area contributed by atoms with Crippen LogP contribution in [0.2, 0.25) is 5.02 Å². The Morgan fingerprint density at radius 2 is 1.95 bits per heavy atom. The SMILES string of the molecule is CNCCN(C)C(C(=O)OC)C1CCC(Oc2cc3c(Nc4cccc(Cl)c4F)ncnc3cc2OC)CC1. The quantitative estimate of drug-likeness (QED) is 0.321. The van der Waals surface area contributed by atoms with E-state index in [1.165, 1.54) is 19.5 Å². The molecule has 3 aromatic rings. The Balaban J connectivity index is 1.52. The summed E-state index contributed by atoms with van der Waals surface area (Å²) in [5.74, 6) is 0.924. The summed E-state index contributed by atoms with van der Waals surface area (Å²) in [4.78, 5) is 23.4. The topological polar surface area (TPSA) is 97.8 Å². The number of aromatic nitrogens is 2. The van der Waals surface area contributed by atoms with E-state index < -0.39 is 5.82 Å². The van der Waals surface area contributed by atoms with Crippen molar-refractivity contribution >= 4 is 40.0 Å². The predicted octanol–water partition coefficient (Wildman–Crippen LogP) is 4.80. The van der Waals surface area contributed by atoms with E-state index in [0.29, 0.717) is 28.2 Å².